The van der Waals surface area contributed by atoms with E-state index >= 15 is 0 Å². The summed E-state index contributed by atoms with van der Waals surface area (Å²) in [5.41, 5.74) is 4.87. The van der Waals surface area contributed by atoms with Crippen molar-refractivity contribution in [2.75, 3.05) is 0 Å². The fourth-order valence-corrected chi connectivity index (χ4v) is 2.05. The summed E-state index contributed by atoms with van der Waals surface area (Å²) in [6.07, 6.45) is 3.85. The van der Waals surface area contributed by atoms with Crippen molar-refractivity contribution in [3.8, 4) is 5.75 Å². The van der Waals surface area contributed by atoms with Gasteiger partial charge in [0.15, 0.2) is 0 Å². The highest BCUT2D eigenvalue weighted by molar-refractivity contribution is 5.91. The van der Waals surface area contributed by atoms with Crippen molar-refractivity contribution in [3.63, 3.8) is 0 Å². The predicted molar refractivity (Wildman–Crippen MR) is 97.8 cm³/mol. The average molecular weight is 338 g/mol. The van der Waals surface area contributed by atoms with Crippen LogP contribution in [0.4, 0.5) is 0 Å². The van der Waals surface area contributed by atoms with Gasteiger partial charge in [0.05, 0.1) is 11.8 Å². The number of hydrazone groups is 1. The van der Waals surface area contributed by atoms with Crippen molar-refractivity contribution in [2.45, 2.75) is 33.1 Å². The van der Waals surface area contributed by atoms with Crippen LogP contribution in [-0.4, -0.2) is 18.1 Å². The summed E-state index contributed by atoms with van der Waals surface area (Å²) in [5, 5.41) is 3.91. The van der Waals surface area contributed by atoms with Crippen LogP contribution in [0, 0.1) is 6.92 Å². The van der Waals surface area contributed by atoms with Crippen LogP contribution in [0.1, 0.15) is 47.7 Å². The molecule has 0 aliphatic rings. The van der Waals surface area contributed by atoms with Gasteiger partial charge >= 0.3 is 5.97 Å². The molecule has 0 unspecified atom stereocenters. The number of benzene rings is 2. The Morgan fingerprint density at radius 1 is 1.08 bits per heavy atom. The van der Waals surface area contributed by atoms with Crippen LogP contribution in [0.2, 0.25) is 0 Å². The number of hydrogen-bond donors (Lipinski definition) is 1. The molecular formula is C20H22N2O3. The van der Waals surface area contributed by atoms with Crippen LogP contribution in [0.25, 0.3) is 0 Å². The third-order valence-corrected chi connectivity index (χ3v) is 3.54. The van der Waals surface area contributed by atoms with Gasteiger partial charge in [0.1, 0.15) is 5.75 Å². The van der Waals surface area contributed by atoms with E-state index in [1.165, 1.54) is 0 Å². The van der Waals surface area contributed by atoms with Gasteiger partial charge in [-0.05, 0) is 55.3 Å². The standard InChI is InChI=1S/C20H22N2O3/c1-3-4-5-19(23)22-21-14-16-8-12-18(13-9-16)25-20(24)17-10-6-15(2)7-11-17/h6-14H,3-5H2,1-2H3,(H,22,23)/b21-14+. The molecule has 130 valence electrons. The first-order valence-electron chi connectivity index (χ1n) is 8.29. The second kappa shape index (κ2) is 9.37. The van der Waals surface area contributed by atoms with E-state index in [1.807, 2.05) is 26.0 Å². The topological polar surface area (TPSA) is 67.8 Å². The van der Waals surface area contributed by atoms with Gasteiger partial charge < -0.3 is 4.74 Å². The Labute approximate surface area is 147 Å². The summed E-state index contributed by atoms with van der Waals surface area (Å²) >= 11 is 0. The average Bonchev–Trinajstić information content (AvgIpc) is 2.62. The Bertz CT molecular complexity index is 735. The number of amides is 1. The Hall–Kier alpha value is -2.95. The highest BCUT2D eigenvalue weighted by atomic mass is 16.5. The van der Waals surface area contributed by atoms with Crippen molar-refractivity contribution >= 4 is 18.1 Å². The summed E-state index contributed by atoms with van der Waals surface area (Å²) in [6, 6.07) is 14.1. The van der Waals surface area contributed by atoms with Crippen LogP contribution in [0.15, 0.2) is 53.6 Å². The minimum Gasteiger partial charge on any atom is -0.423 e. The molecule has 0 spiro atoms. The lowest BCUT2D eigenvalue weighted by atomic mass is 10.1. The van der Waals surface area contributed by atoms with Crippen molar-refractivity contribution < 1.29 is 14.3 Å². The van der Waals surface area contributed by atoms with Crippen molar-refractivity contribution in [1.29, 1.82) is 0 Å². The first-order valence-corrected chi connectivity index (χ1v) is 8.29. The van der Waals surface area contributed by atoms with E-state index in [4.69, 9.17) is 4.74 Å². The normalized spacial score (nSPS) is 10.6. The number of nitrogens with zero attached hydrogens (tertiary/aromatic N) is 1. The fraction of sp³-hybridized carbons (Fsp3) is 0.250. The molecule has 1 amide bonds. The second-order valence-electron chi connectivity index (χ2n) is 5.72. The van der Waals surface area contributed by atoms with E-state index in [0.29, 0.717) is 17.7 Å². The van der Waals surface area contributed by atoms with Gasteiger partial charge in [-0.25, -0.2) is 10.2 Å². The van der Waals surface area contributed by atoms with E-state index in [2.05, 4.69) is 10.5 Å². The molecule has 0 aromatic heterocycles. The number of unbranched alkanes of at least 4 members (excludes halogenated alkanes) is 1. The van der Waals surface area contributed by atoms with E-state index < -0.39 is 5.97 Å². The molecule has 2 aromatic rings. The van der Waals surface area contributed by atoms with Crippen molar-refractivity contribution in [2.24, 2.45) is 5.10 Å². The van der Waals surface area contributed by atoms with E-state index in [0.717, 1.165) is 24.0 Å². The lowest BCUT2D eigenvalue weighted by molar-refractivity contribution is -0.121. The number of ether oxygens (including phenoxy) is 1. The molecule has 0 saturated carbocycles. The third-order valence-electron chi connectivity index (χ3n) is 3.54. The zero-order valence-electron chi connectivity index (χ0n) is 14.5. The quantitative estimate of drug-likeness (QED) is 0.361. The van der Waals surface area contributed by atoms with Gasteiger partial charge in [0.2, 0.25) is 5.91 Å². The molecular weight excluding hydrogens is 316 g/mol. The molecule has 5 nitrogen and oxygen atoms in total. The molecule has 0 heterocycles. The molecule has 2 aromatic carbocycles. The number of aryl methyl sites for hydroxylation is 1. The van der Waals surface area contributed by atoms with Crippen LogP contribution in [0.5, 0.6) is 5.75 Å². The van der Waals surface area contributed by atoms with Gasteiger partial charge in [-0.1, -0.05) is 31.0 Å². The van der Waals surface area contributed by atoms with Gasteiger partial charge in [0.25, 0.3) is 0 Å². The maximum absolute atomic E-state index is 12.0. The molecule has 25 heavy (non-hydrogen) atoms. The van der Waals surface area contributed by atoms with Crippen LogP contribution < -0.4 is 10.2 Å². The Balaban J connectivity index is 1.88. The summed E-state index contributed by atoms with van der Waals surface area (Å²) in [7, 11) is 0. The van der Waals surface area contributed by atoms with Gasteiger partial charge in [-0.2, -0.15) is 5.10 Å². The number of carbonyl (C=O) groups is 2. The zero-order chi connectivity index (χ0) is 18.1. The monoisotopic (exact) mass is 338 g/mol. The summed E-state index contributed by atoms with van der Waals surface area (Å²) in [4.78, 5) is 23.5. The van der Waals surface area contributed by atoms with E-state index in [-0.39, 0.29) is 5.91 Å². The first-order chi connectivity index (χ1) is 12.1. The van der Waals surface area contributed by atoms with E-state index in [1.54, 1.807) is 42.6 Å². The zero-order valence-corrected chi connectivity index (χ0v) is 14.5. The number of hydrogen-bond acceptors (Lipinski definition) is 4. The number of rotatable bonds is 7. The summed E-state index contributed by atoms with van der Waals surface area (Å²) in [6.45, 7) is 3.99. The first kappa shape index (κ1) is 18.4. The molecule has 0 bridgehead atoms. The molecule has 0 aliphatic carbocycles. The smallest absolute Gasteiger partial charge is 0.343 e. The van der Waals surface area contributed by atoms with Gasteiger partial charge in [0, 0.05) is 6.42 Å². The molecule has 0 aliphatic heterocycles. The number of nitrogens with one attached hydrogen (secondary N) is 1. The molecule has 0 radical (unpaired) electrons. The molecule has 5 heteroatoms. The van der Waals surface area contributed by atoms with Crippen LogP contribution in [-0.2, 0) is 4.79 Å². The Morgan fingerprint density at radius 3 is 2.40 bits per heavy atom. The van der Waals surface area contributed by atoms with Gasteiger partial charge in [-0.3, -0.25) is 4.79 Å². The largest absolute Gasteiger partial charge is 0.423 e. The van der Waals surface area contributed by atoms with Crippen molar-refractivity contribution in [3.05, 3.63) is 65.2 Å². The lowest BCUT2D eigenvalue weighted by Gasteiger charge is -2.05. The molecule has 1 N–H and O–H groups in total. The van der Waals surface area contributed by atoms with Crippen LogP contribution in [0.3, 0.4) is 0 Å². The Kier molecular flexibility index (Phi) is 6.89. The summed E-state index contributed by atoms with van der Waals surface area (Å²) < 4.78 is 5.33. The molecule has 0 fully saturated rings. The fourth-order valence-electron chi connectivity index (χ4n) is 2.05. The van der Waals surface area contributed by atoms with Gasteiger partial charge in [-0.15, -0.1) is 0 Å². The Morgan fingerprint density at radius 2 is 1.76 bits per heavy atom. The third kappa shape index (κ3) is 6.22. The number of esters is 1. The maximum atomic E-state index is 12.0. The van der Waals surface area contributed by atoms with Crippen molar-refractivity contribution in [1.82, 2.24) is 5.43 Å². The second-order valence-corrected chi connectivity index (χ2v) is 5.72. The molecule has 0 atom stereocenters. The maximum Gasteiger partial charge on any atom is 0.343 e. The summed E-state index contributed by atoms with van der Waals surface area (Å²) in [5.74, 6) is -0.0407. The highest BCUT2D eigenvalue weighted by Crippen LogP contribution is 2.14. The predicted octanol–water partition coefficient (Wildman–Crippen LogP) is 3.85. The minimum atomic E-state index is -0.399. The minimum absolute atomic E-state index is 0.0956. The number of carbonyl (C=O) groups excluding carboxylic acids is 2. The van der Waals surface area contributed by atoms with Crippen LogP contribution >= 0.6 is 0 Å². The SMILES string of the molecule is CCCCC(=O)N/N=C/c1ccc(OC(=O)c2ccc(C)cc2)cc1. The van der Waals surface area contributed by atoms with E-state index in [9.17, 15) is 9.59 Å². The molecule has 0 saturated heterocycles. The molecule has 2 rings (SSSR count). The highest BCUT2D eigenvalue weighted by Gasteiger charge is 2.07. The lowest BCUT2D eigenvalue weighted by Crippen LogP contribution is -2.16.